The third kappa shape index (κ3) is 3.60. The Kier molecular flexibility index (Phi) is 4.42. The lowest BCUT2D eigenvalue weighted by Gasteiger charge is -2.10. The van der Waals surface area contributed by atoms with Crippen LogP contribution >= 0.6 is 0 Å². The van der Waals surface area contributed by atoms with E-state index in [0.29, 0.717) is 18.0 Å². The average molecular weight is 311 g/mol. The lowest BCUT2D eigenvalue weighted by atomic mass is 10.3. The van der Waals surface area contributed by atoms with Crippen molar-refractivity contribution >= 4 is 11.6 Å². The van der Waals surface area contributed by atoms with E-state index < -0.39 is 0 Å². The Morgan fingerprint density at radius 2 is 1.96 bits per heavy atom. The number of imidazole rings is 1. The molecule has 2 aromatic heterocycles. The van der Waals surface area contributed by atoms with Gasteiger partial charge in [-0.15, -0.1) is 0 Å². The van der Waals surface area contributed by atoms with Gasteiger partial charge >= 0.3 is 0 Å². The number of amides is 1. The number of fused-ring (bicyclic) bond motifs is 1. The van der Waals surface area contributed by atoms with E-state index >= 15 is 0 Å². The van der Waals surface area contributed by atoms with Gasteiger partial charge < -0.3 is 19.2 Å². The molecule has 0 radical (unpaired) electrons. The zero-order valence-electron chi connectivity index (χ0n) is 12.7. The zero-order chi connectivity index (χ0) is 16.1. The number of rotatable bonds is 6. The molecule has 0 aliphatic carbocycles. The van der Waals surface area contributed by atoms with Crippen LogP contribution in [0.1, 0.15) is 5.69 Å². The summed E-state index contributed by atoms with van der Waals surface area (Å²) in [6, 6.07) is 13.0. The molecule has 0 saturated carbocycles. The van der Waals surface area contributed by atoms with Gasteiger partial charge in [0.05, 0.1) is 19.3 Å². The molecule has 1 amide bonds. The van der Waals surface area contributed by atoms with Crippen molar-refractivity contribution in [2.24, 2.45) is 0 Å². The smallest absolute Gasteiger partial charge is 0.258 e. The van der Waals surface area contributed by atoms with Crippen molar-refractivity contribution in [2.75, 3.05) is 13.7 Å². The van der Waals surface area contributed by atoms with Gasteiger partial charge in [-0.05, 0) is 24.3 Å². The van der Waals surface area contributed by atoms with Crippen molar-refractivity contribution in [2.45, 2.75) is 6.54 Å². The summed E-state index contributed by atoms with van der Waals surface area (Å²) in [5.41, 5.74) is 1.64. The molecular weight excluding hydrogens is 294 g/mol. The minimum absolute atomic E-state index is 0.0757. The lowest BCUT2D eigenvalue weighted by molar-refractivity contribution is -0.123. The molecule has 0 saturated heterocycles. The van der Waals surface area contributed by atoms with Crippen LogP contribution in [0.2, 0.25) is 0 Å². The first-order valence-corrected chi connectivity index (χ1v) is 7.21. The van der Waals surface area contributed by atoms with Gasteiger partial charge in [-0.1, -0.05) is 18.2 Å². The standard InChI is InChI=1S/C17H17N3O3/c1-22-14-6-2-3-7-15(14)23-12-17(21)18-10-13-11-20-9-5-4-8-16(20)19-13/h2-9,11H,10,12H2,1H3,(H,18,21). The molecule has 1 N–H and O–H groups in total. The molecule has 3 rings (SSSR count). The first kappa shape index (κ1) is 14.9. The van der Waals surface area contributed by atoms with Crippen molar-refractivity contribution in [3.63, 3.8) is 0 Å². The summed E-state index contributed by atoms with van der Waals surface area (Å²) in [6.07, 6.45) is 3.80. The quantitative estimate of drug-likeness (QED) is 0.756. The van der Waals surface area contributed by atoms with Gasteiger partial charge in [0, 0.05) is 12.4 Å². The van der Waals surface area contributed by atoms with Crippen LogP contribution in [0.3, 0.4) is 0 Å². The fraction of sp³-hybridized carbons (Fsp3) is 0.176. The lowest BCUT2D eigenvalue weighted by Crippen LogP contribution is -2.28. The highest BCUT2D eigenvalue weighted by atomic mass is 16.5. The second kappa shape index (κ2) is 6.83. The molecule has 6 nitrogen and oxygen atoms in total. The topological polar surface area (TPSA) is 64.9 Å². The number of nitrogens with zero attached hydrogens (tertiary/aromatic N) is 2. The summed E-state index contributed by atoms with van der Waals surface area (Å²) in [5.74, 6) is 0.923. The fourth-order valence-corrected chi connectivity index (χ4v) is 2.19. The minimum Gasteiger partial charge on any atom is -0.493 e. The summed E-state index contributed by atoms with van der Waals surface area (Å²) < 4.78 is 12.6. The molecule has 23 heavy (non-hydrogen) atoms. The molecule has 0 aliphatic heterocycles. The normalized spacial score (nSPS) is 10.5. The molecule has 1 aromatic carbocycles. The summed E-state index contributed by atoms with van der Waals surface area (Å²) in [6.45, 7) is 0.281. The van der Waals surface area contributed by atoms with Crippen molar-refractivity contribution in [3.05, 3.63) is 60.6 Å². The summed E-state index contributed by atoms with van der Waals surface area (Å²) >= 11 is 0. The van der Waals surface area contributed by atoms with Crippen LogP contribution in [0, 0.1) is 0 Å². The predicted octanol–water partition coefficient (Wildman–Crippen LogP) is 2.04. The van der Waals surface area contributed by atoms with Gasteiger partial charge in [0.25, 0.3) is 5.91 Å². The van der Waals surface area contributed by atoms with E-state index in [1.807, 2.05) is 47.1 Å². The Hall–Kier alpha value is -3.02. The highest BCUT2D eigenvalue weighted by Gasteiger charge is 2.08. The number of pyridine rings is 1. The summed E-state index contributed by atoms with van der Waals surface area (Å²) in [5, 5.41) is 2.79. The first-order chi connectivity index (χ1) is 11.3. The SMILES string of the molecule is COc1ccccc1OCC(=O)NCc1cn2ccccc2n1. The van der Waals surface area contributed by atoms with E-state index in [1.54, 1.807) is 19.2 Å². The van der Waals surface area contributed by atoms with Gasteiger partial charge in [0.2, 0.25) is 0 Å². The van der Waals surface area contributed by atoms with Gasteiger partial charge in [0.1, 0.15) is 5.65 Å². The van der Waals surface area contributed by atoms with Crippen molar-refractivity contribution in [1.82, 2.24) is 14.7 Å². The number of carbonyl (C=O) groups excluding carboxylic acids is 1. The van der Waals surface area contributed by atoms with Crippen LogP contribution in [0.25, 0.3) is 5.65 Å². The molecule has 0 bridgehead atoms. The van der Waals surface area contributed by atoms with Gasteiger partial charge in [-0.25, -0.2) is 4.98 Å². The van der Waals surface area contributed by atoms with E-state index in [-0.39, 0.29) is 12.5 Å². The second-order valence-corrected chi connectivity index (χ2v) is 4.91. The van der Waals surface area contributed by atoms with Gasteiger partial charge in [-0.2, -0.15) is 0 Å². The van der Waals surface area contributed by atoms with Crippen LogP contribution in [-0.4, -0.2) is 29.0 Å². The summed E-state index contributed by atoms with van der Waals surface area (Å²) in [4.78, 5) is 16.3. The molecular formula is C17H17N3O3. The van der Waals surface area contributed by atoms with Crippen molar-refractivity contribution < 1.29 is 14.3 Å². The van der Waals surface area contributed by atoms with Gasteiger partial charge in [0.15, 0.2) is 18.1 Å². The second-order valence-electron chi connectivity index (χ2n) is 4.91. The molecule has 6 heteroatoms. The molecule has 118 valence electrons. The monoisotopic (exact) mass is 311 g/mol. The predicted molar refractivity (Wildman–Crippen MR) is 85.5 cm³/mol. The number of hydrogen-bond acceptors (Lipinski definition) is 4. The fourth-order valence-electron chi connectivity index (χ4n) is 2.19. The zero-order valence-corrected chi connectivity index (χ0v) is 12.7. The minimum atomic E-state index is -0.215. The molecule has 0 aliphatic rings. The van der Waals surface area contributed by atoms with Crippen LogP contribution in [-0.2, 0) is 11.3 Å². The number of para-hydroxylation sites is 2. The van der Waals surface area contributed by atoms with Crippen LogP contribution in [0.15, 0.2) is 54.9 Å². The number of carbonyl (C=O) groups is 1. The largest absolute Gasteiger partial charge is 0.493 e. The highest BCUT2D eigenvalue weighted by molar-refractivity contribution is 5.77. The molecule has 3 aromatic rings. The number of ether oxygens (including phenoxy) is 2. The maximum atomic E-state index is 11.9. The summed E-state index contributed by atoms with van der Waals surface area (Å²) in [7, 11) is 1.56. The van der Waals surface area contributed by atoms with E-state index in [0.717, 1.165) is 11.3 Å². The van der Waals surface area contributed by atoms with Gasteiger partial charge in [-0.3, -0.25) is 4.79 Å². The molecule has 0 unspecified atom stereocenters. The number of nitrogens with one attached hydrogen (secondary N) is 1. The average Bonchev–Trinajstić information content (AvgIpc) is 3.01. The molecule has 0 fully saturated rings. The number of methoxy groups -OCH3 is 1. The molecule has 0 spiro atoms. The first-order valence-electron chi connectivity index (χ1n) is 7.21. The van der Waals surface area contributed by atoms with E-state index in [4.69, 9.17) is 9.47 Å². The highest BCUT2D eigenvalue weighted by Crippen LogP contribution is 2.25. The van der Waals surface area contributed by atoms with Crippen LogP contribution in [0.5, 0.6) is 11.5 Å². The van der Waals surface area contributed by atoms with E-state index in [2.05, 4.69) is 10.3 Å². The van der Waals surface area contributed by atoms with Crippen LogP contribution in [0.4, 0.5) is 0 Å². The van der Waals surface area contributed by atoms with Crippen molar-refractivity contribution in [1.29, 1.82) is 0 Å². The molecule has 2 heterocycles. The number of aromatic nitrogens is 2. The number of benzene rings is 1. The molecule has 0 atom stereocenters. The third-order valence-corrected chi connectivity index (χ3v) is 3.31. The Balaban J connectivity index is 1.53. The van der Waals surface area contributed by atoms with Crippen LogP contribution < -0.4 is 14.8 Å². The Morgan fingerprint density at radius 1 is 1.17 bits per heavy atom. The maximum Gasteiger partial charge on any atom is 0.258 e. The van der Waals surface area contributed by atoms with E-state index in [9.17, 15) is 4.79 Å². The Labute approximate surface area is 133 Å². The Morgan fingerprint density at radius 3 is 2.74 bits per heavy atom. The number of hydrogen-bond donors (Lipinski definition) is 1. The van der Waals surface area contributed by atoms with E-state index in [1.165, 1.54) is 0 Å². The third-order valence-electron chi connectivity index (χ3n) is 3.31. The van der Waals surface area contributed by atoms with Crippen molar-refractivity contribution in [3.8, 4) is 11.5 Å². The Bertz CT molecular complexity index is 780. The maximum absolute atomic E-state index is 11.9.